The summed E-state index contributed by atoms with van der Waals surface area (Å²) in [4.78, 5) is 28.1. The number of likely N-dealkylation sites (tertiary alicyclic amines) is 1. The molecule has 0 aliphatic carbocycles. The van der Waals surface area contributed by atoms with Gasteiger partial charge in [0.1, 0.15) is 0 Å². The lowest BCUT2D eigenvalue weighted by Gasteiger charge is -2.24. The van der Waals surface area contributed by atoms with E-state index in [-0.39, 0.29) is 17.9 Å². The smallest absolute Gasteiger partial charge is 0.261 e. The first-order valence-corrected chi connectivity index (χ1v) is 9.16. The van der Waals surface area contributed by atoms with Crippen molar-refractivity contribution >= 4 is 34.5 Å². The lowest BCUT2D eigenvalue weighted by Crippen LogP contribution is -2.33. The van der Waals surface area contributed by atoms with Gasteiger partial charge in [0.15, 0.2) is 0 Å². The zero-order valence-corrected chi connectivity index (χ0v) is 13.8. The topological polar surface area (TPSA) is 49.4 Å². The molecular weight excluding hydrogens is 316 g/mol. The summed E-state index contributed by atoms with van der Waals surface area (Å²) in [6.45, 7) is 1.21. The second-order valence-electron chi connectivity index (χ2n) is 5.24. The molecule has 6 heteroatoms. The summed E-state index contributed by atoms with van der Waals surface area (Å²) in [5.41, 5.74) is 0. The molecule has 0 saturated carbocycles. The molecule has 1 saturated heterocycles. The molecule has 3 heterocycles. The Balaban J connectivity index is 1.50. The van der Waals surface area contributed by atoms with E-state index in [9.17, 15) is 9.59 Å². The largest absolute Gasteiger partial charge is 0.351 e. The normalized spacial score (nSPS) is 17.6. The Morgan fingerprint density at radius 2 is 2.05 bits per heavy atom. The summed E-state index contributed by atoms with van der Waals surface area (Å²) >= 11 is 3.11. The zero-order valence-electron chi connectivity index (χ0n) is 12.2. The predicted octanol–water partition coefficient (Wildman–Crippen LogP) is 3.29. The molecule has 0 aromatic carbocycles. The minimum absolute atomic E-state index is 0.0981. The van der Waals surface area contributed by atoms with Crippen molar-refractivity contribution in [2.24, 2.45) is 0 Å². The molecule has 116 valence electrons. The molecule has 4 nitrogen and oxygen atoms in total. The van der Waals surface area contributed by atoms with Crippen LogP contribution in [0, 0.1) is 0 Å². The van der Waals surface area contributed by atoms with Gasteiger partial charge < -0.3 is 10.2 Å². The van der Waals surface area contributed by atoms with Crippen LogP contribution in [0.3, 0.4) is 0 Å². The maximum absolute atomic E-state index is 12.4. The van der Waals surface area contributed by atoms with Gasteiger partial charge in [-0.3, -0.25) is 9.59 Å². The van der Waals surface area contributed by atoms with Crippen LogP contribution < -0.4 is 5.32 Å². The Kier molecular flexibility index (Phi) is 4.90. The number of hydrogen-bond acceptors (Lipinski definition) is 4. The fourth-order valence-corrected chi connectivity index (χ4v) is 4.28. The molecule has 1 fully saturated rings. The molecule has 2 aromatic heterocycles. The number of amides is 2. The van der Waals surface area contributed by atoms with Crippen molar-refractivity contribution in [2.45, 2.75) is 25.3 Å². The average Bonchev–Trinajstić information content (AvgIpc) is 3.26. The maximum Gasteiger partial charge on any atom is 0.261 e. The van der Waals surface area contributed by atoms with Crippen LogP contribution in [0.4, 0.5) is 0 Å². The molecule has 1 aliphatic rings. The summed E-state index contributed by atoms with van der Waals surface area (Å²) in [6.07, 6.45) is 2.45. The third-order valence-electron chi connectivity index (χ3n) is 3.81. The van der Waals surface area contributed by atoms with E-state index in [4.69, 9.17) is 0 Å². The van der Waals surface area contributed by atoms with Gasteiger partial charge in [0.05, 0.1) is 10.9 Å². The number of thiophene rings is 2. The second kappa shape index (κ2) is 7.07. The van der Waals surface area contributed by atoms with E-state index in [1.165, 1.54) is 16.2 Å². The quantitative estimate of drug-likeness (QED) is 0.912. The van der Waals surface area contributed by atoms with Gasteiger partial charge in [-0.05, 0) is 35.7 Å². The summed E-state index contributed by atoms with van der Waals surface area (Å²) < 4.78 is 0. The van der Waals surface area contributed by atoms with Crippen molar-refractivity contribution in [3.63, 3.8) is 0 Å². The highest BCUT2D eigenvalue weighted by Gasteiger charge is 2.30. The van der Waals surface area contributed by atoms with Crippen molar-refractivity contribution in [3.8, 4) is 0 Å². The Morgan fingerprint density at radius 3 is 2.77 bits per heavy atom. The first kappa shape index (κ1) is 15.2. The number of nitrogens with one attached hydrogen (secondary N) is 1. The SMILES string of the molecule is O=C(NCCC(=O)N1CCC[C@@H]1c1cccs1)c1cccs1. The van der Waals surface area contributed by atoms with Crippen molar-refractivity contribution in [2.75, 3.05) is 13.1 Å². The highest BCUT2D eigenvalue weighted by Crippen LogP contribution is 2.34. The summed E-state index contributed by atoms with van der Waals surface area (Å²) in [5.74, 6) is 0.0291. The van der Waals surface area contributed by atoms with Gasteiger partial charge in [-0.15, -0.1) is 22.7 Å². The minimum atomic E-state index is -0.0981. The number of rotatable bonds is 5. The summed E-state index contributed by atoms with van der Waals surface area (Å²) in [5, 5.41) is 6.74. The Hall–Kier alpha value is -1.66. The van der Waals surface area contributed by atoms with E-state index < -0.39 is 0 Å². The standard InChI is InChI=1S/C16H18N2O2S2/c19-15(7-8-17-16(20)14-6-3-11-22-14)18-9-1-4-12(18)13-5-2-10-21-13/h2-3,5-6,10-12H,1,4,7-9H2,(H,17,20)/t12-/m1/s1. The predicted molar refractivity (Wildman–Crippen MR) is 89.3 cm³/mol. The highest BCUT2D eigenvalue weighted by atomic mass is 32.1. The number of carbonyl (C=O) groups is 2. The molecular formula is C16H18N2O2S2. The van der Waals surface area contributed by atoms with Crippen LogP contribution in [0.5, 0.6) is 0 Å². The number of hydrogen-bond donors (Lipinski definition) is 1. The number of nitrogens with zero attached hydrogens (tertiary/aromatic N) is 1. The third-order valence-corrected chi connectivity index (χ3v) is 5.66. The van der Waals surface area contributed by atoms with Crippen molar-refractivity contribution in [1.29, 1.82) is 0 Å². The minimum Gasteiger partial charge on any atom is -0.351 e. The van der Waals surface area contributed by atoms with E-state index >= 15 is 0 Å². The molecule has 1 atom stereocenters. The molecule has 0 bridgehead atoms. The van der Waals surface area contributed by atoms with Gasteiger partial charge in [0.25, 0.3) is 5.91 Å². The molecule has 22 heavy (non-hydrogen) atoms. The molecule has 1 aliphatic heterocycles. The van der Waals surface area contributed by atoms with Gasteiger partial charge in [-0.1, -0.05) is 12.1 Å². The van der Waals surface area contributed by atoms with Crippen LogP contribution in [0.2, 0.25) is 0 Å². The molecule has 1 N–H and O–H groups in total. The average molecular weight is 334 g/mol. The number of carbonyl (C=O) groups excluding carboxylic acids is 2. The molecule has 3 rings (SSSR count). The highest BCUT2D eigenvalue weighted by molar-refractivity contribution is 7.12. The Labute approximate surface area is 137 Å². The van der Waals surface area contributed by atoms with Gasteiger partial charge >= 0.3 is 0 Å². The van der Waals surface area contributed by atoms with Gasteiger partial charge in [-0.2, -0.15) is 0 Å². The third kappa shape index (κ3) is 3.39. The maximum atomic E-state index is 12.4. The van der Waals surface area contributed by atoms with Crippen LogP contribution in [0.1, 0.15) is 39.9 Å². The molecule has 2 aromatic rings. The van der Waals surface area contributed by atoms with Gasteiger partial charge in [0, 0.05) is 24.4 Å². The molecule has 2 amide bonds. The van der Waals surface area contributed by atoms with E-state index in [1.54, 1.807) is 17.4 Å². The van der Waals surface area contributed by atoms with Crippen LogP contribution in [-0.2, 0) is 4.79 Å². The second-order valence-corrected chi connectivity index (χ2v) is 7.17. The lowest BCUT2D eigenvalue weighted by atomic mass is 10.2. The van der Waals surface area contributed by atoms with Gasteiger partial charge in [-0.25, -0.2) is 0 Å². The van der Waals surface area contributed by atoms with Crippen LogP contribution in [-0.4, -0.2) is 29.8 Å². The molecule has 0 radical (unpaired) electrons. The van der Waals surface area contributed by atoms with Crippen molar-refractivity contribution in [3.05, 3.63) is 44.8 Å². The van der Waals surface area contributed by atoms with E-state index in [2.05, 4.69) is 16.8 Å². The molecule has 0 unspecified atom stereocenters. The van der Waals surface area contributed by atoms with Crippen LogP contribution >= 0.6 is 22.7 Å². The summed E-state index contributed by atoms with van der Waals surface area (Å²) in [6, 6.07) is 7.98. The van der Waals surface area contributed by atoms with Crippen molar-refractivity contribution in [1.82, 2.24) is 10.2 Å². The van der Waals surface area contributed by atoms with E-state index in [0.717, 1.165) is 19.4 Å². The van der Waals surface area contributed by atoms with Crippen LogP contribution in [0.25, 0.3) is 0 Å². The molecule has 0 spiro atoms. The Bertz CT molecular complexity index is 623. The monoisotopic (exact) mass is 334 g/mol. The zero-order chi connectivity index (χ0) is 15.4. The first-order chi connectivity index (χ1) is 10.8. The van der Waals surface area contributed by atoms with E-state index in [1.807, 2.05) is 22.4 Å². The van der Waals surface area contributed by atoms with Gasteiger partial charge in [0.2, 0.25) is 5.91 Å². The first-order valence-electron chi connectivity index (χ1n) is 7.40. The lowest BCUT2D eigenvalue weighted by molar-refractivity contribution is -0.131. The van der Waals surface area contributed by atoms with E-state index in [0.29, 0.717) is 17.8 Å². The summed E-state index contributed by atoms with van der Waals surface area (Å²) in [7, 11) is 0. The Morgan fingerprint density at radius 1 is 1.23 bits per heavy atom. The van der Waals surface area contributed by atoms with Crippen LogP contribution in [0.15, 0.2) is 35.0 Å². The fraction of sp³-hybridized carbons (Fsp3) is 0.375. The van der Waals surface area contributed by atoms with Crippen molar-refractivity contribution < 1.29 is 9.59 Å². The fourth-order valence-electron chi connectivity index (χ4n) is 2.76.